The number of thioether (sulfide) groups is 1. The van der Waals surface area contributed by atoms with Crippen LogP contribution in [-0.4, -0.2) is 37.9 Å². The Hall–Kier alpha value is -1.31. The van der Waals surface area contributed by atoms with Gasteiger partial charge in [-0.15, -0.1) is 0 Å². The number of halogens is 1. The number of aryl methyl sites for hydroxylation is 1. The van der Waals surface area contributed by atoms with Crippen LogP contribution in [0.3, 0.4) is 0 Å². The highest BCUT2D eigenvalue weighted by Crippen LogP contribution is 2.25. The first-order chi connectivity index (χ1) is 10.6. The molecular formula is C14H21ClN6S. The van der Waals surface area contributed by atoms with Gasteiger partial charge in [-0.25, -0.2) is 15.0 Å². The summed E-state index contributed by atoms with van der Waals surface area (Å²) in [6, 6.07) is 0.486. The molecule has 2 rings (SSSR count). The predicted molar refractivity (Wildman–Crippen MR) is 93.2 cm³/mol. The van der Waals surface area contributed by atoms with Gasteiger partial charge in [-0.05, 0) is 13.0 Å². The van der Waals surface area contributed by atoms with Crippen molar-refractivity contribution in [3.05, 3.63) is 17.9 Å². The van der Waals surface area contributed by atoms with E-state index < -0.39 is 0 Å². The molecule has 0 atom stereocenters. The molecule has 0 bridgehead atoms. The molecule has 2 aromatic heterocycles. The van der Waals surface area contributed by atoms with Gasteiger partial charge in [-0.1, -0.05) is 43.3 Å². The Morgan fingerprint density at radius 1 is 1.45 bits per heavy atom. The quantitative estimate of drug-likeness (QED) is 0.568. The minimum Gasteiger partial charge on any atom is -0.382 e. The highest BCUT2D eigenvalue weighted by atomic mass is 35.5. The molecule has 0 radical (unpaired) electrons. The van der Waals surface area contributed by atoms with Crippen molar-refractivity contribution in [1.29, 1.82) is 0 Å². The van der Waals surface area contributed by atoms with Crippen LogP contribution in [0.2, 0.25) is 0 Å². The Bertz CT molecular complexity index is 640. The van der Waals surface area contributed by atoms with Crippen LogP contribution in [0.25, 0.3) is 11.2 Å². The predicted octanol–water partition coefficient (Wildman–Crippen LogP) is 2.64. The lowest BCUT2D eigenvalue weighted by molar-refractivity contribution is 0.525. The number of imidazole rings is 1. The largest absolute Gasteiger partial charge is 0.382 e. The first kappa shape index (κ1) is 17.1. The van der Waals surface area contributed by atoms with Gasteiger partial charge in [0.05, 0.1) is 0 Å². The third-order valence-electron chi connectivity index (χ3n) is 3.03. The number of rotatable bonds is 8. The number of aromatic nitrogens is 4. The molecular weight excluding hydrogens is 320 g/mol. The van der Waals surface area contributed by atoms with E-state index in [4.69, 9.17) is 17.3 Å². The van der Waals surface area contributed by atoms with E-state index >= 15 is 0 Å². The second-order valence-electron chi connectivity index (χ2n) is 5.11. The van der Waals surface area contributed by atoms with Gasteiger partial charge in [0.15, 0.2) is 22.1 Å². The number of nitrogens with one attached hydrogen (secondary N) is 1. The lowest BCUT2D eigenvalue weighted by Gasteiger charge is -2.10. The zero-order valence-electron chi connectivity index (χ0n) is 12.8. The average Bonchev–Trinajstić information content (AvgIpc) is 2.83. The topological polar surface area (TPSA) is 81.7 Å². The van der Waals surface area contributed by atoms with Crippen LogP contribution in [0.1, 0.15) is 20.3 Å². The maximum atomic E-state index is 5.90. The number of hydrogen-bond acceptors (Lipinski definition) is 6. The number of nitrogens with two attached hydrogens (primary N) is 1. The van der Waals surface area contributed by atoms with Crippen molar-refractivity contribution >= 4 is 40.3 Å². The third kappa shape index (κ3) is 4.34. The third-order valence-corrected chi connectivity index (χ3v) is 4.14. The highest BCUT2D eigenvalue weighted by Gasteiger charge is 2.14. The lowest BCUT2D eigenvalue weighted by Crippen LogP contribution is -2.24. The molecule has 0 aliphatic rings. The summed E-state index contributed by atoms with van der Waals surface area (Å²) in [5.74, 6) is 1.17. The van der Waals surface area contributed by atoms with Crippen LogP contribution in [0.15, 0.2) is 23.1 Å². The normalized spacial score (nSPS) is 12.0. The molecule has 8 heteroatoms. The molecule has 0 spiro atoms. The van der Waals surface area contributed by atoms with Crippen molar-refractivity contribution in [1.82, 2.24) is 24.8 Å². The average molecular weight is 341 g/mol. The molecule has 0 aliphatic heterocycles. The zero-order chi connectivity index (χ0) is 15.9. The molecule has 2 heterocycles. The summed E-state index contributed by atoms with van der Waals surface area (Å²) in [7, 11) is 0. The number of fused-ring (bicyclic) bond motifs is 1. The van der Waals surface area contributed by atoms with Gasteiger partial charge in [0.25, 0.3) is 0 Å². The molecule has 2 aromatic rings. The van der Waals surface area contributed by atoms with Crippen LogP contribution in [0.5, 0.6) is 0 Å². The molecule has 0 aromatic carbocycles. The van der Waals surface area contributed by atoms with Crippen LogP contribution < -0.4 is 11.1 Å². The van der Waals surface area contributed by atoms with Crippen molar-refractivity contribution < 1.29 is 0 Å². The van der Waals surface area contributed by atoms with Crippen LogP contribution >= 0.6 is 23.4 Å². The van der Waals surface area contributed by atoms with E-state index in [0.717, 1.165) is 36.1 Å². The van der Waals surface area contributed by atoms with Crippen molar-refractivity contribution in [3.8, 4) is 0 Å². The minimum atomic E-state index is 0.416. The fourth-order valence-electron chi connectivity index (χ4n) is 2.03. The Kier molecular flexibility index (Phi) is 6.48. The highest BCUT2D eigenvalue weighted by molar-refractivity contribution is 7.99. The van der Waals surface area contributed by atoms with Crippen molar-refractivity contribution in [3.63, 3.8) is 0 Å². The summed E-state index contributed by atoms with van der Waals surface area (Å²) in [5.41, 5.74) is 8.87. The maximum Gasteiger partial charge on any atom is 0.170 e. The van der Waals surface area contributed by atoms with E-state index in [1.165, 1.54) is 11.9 Å². The van der Waals surface area contributed by atoms with Gasteiger partial charge in [-0.3, -0.25) is 0 Å². The molecule has 0 saturated heterocycles. The second kappa shape index (κ2) is 8.36. The van der Waals surface area contributed by atoms with Crippen LogP contribution in [-0.2, 0) is 6.54 Å². The summed E-state index contributed by atoms with van der Waals surface area (Å²) in [5, 5.41) is 4.30. The van der Waals surface area contributed by atoms with E-state index in [1.807, 2.05) is 6.08 Å². The van der Waals surface area contributed by atoms with Crippen molar-refractivity contribution in [2.24, 2.45) is 0 Å². The zero-order valence-corrected chi connectivity index (χ0v) is 14.4. The Morgan fingerprint density at radius 3 is 3.00 bits per heavy atom. The summed E-state index contributed by atoms with van der Waals surface area (Å²) in [6.45, 7) is 6.06. The standard InChI is InChI=1S/C14H21ClN6S/c1-10(2)17-6-4-7-21-13-11(12(16)18-9-19-13)20-14(21)22-8-3-5-15/h3,5,9-10,17H,4,6-8H2,1-2H3,(H2,16,18,19). The van der Waals surface area contributed by atoms with E-state index in [2.05, 4.69) is 38.7 Å². The van der Waals surface area contributed by atoms with Gasteiger partial charge in [0, 0.05) is 23.9 Å². The summed E-state index contributed by atoms with van der Waals surface area (Å²) in [6.07, 6.45) is 4.35. The molecule has 0 unspecified atom stereocenters. The van der Waals surface area contributed by atoms with Gasteiger partial charge >= 0.3 is 0 Å². The number of anilines is 1. The molecule has 3 N–H and O–H groups in total. The molecule has 0 aliphatic carbocycles. The van der Waals surface area contributed by atoms with Gasteiger partial charge in [0.2, 0.25) is 0 Å². The maximum absolute atomic E-state index is 5.90. The molecule has 120 valence electrons. The van der Waals surface area contributed by atoms with Crippen molar-refractivity contribution in [2.75, 3.05) is 18.0 Å². The Balaban J connectivity index is 2.19. The summed E-state index contributed by atoms with van der Waals surface area (Å²) < 4.78 is 2.10. The van der Waals surface area contributed by atoms with Gasteiger partial charge in [-0.2, -0.15) is 0 Å². The van der Waals surface area contributed by atoms with E-state index in [-0.39, 0.29) is 0 Å². The number of nitrogen functional groups attached to an aromatic ring is 1. The first-order valence-electron chi connectivity index (χ1n) is 7.21. The number of nitrogens with zero attached hydrogens (tertiary/aromatic N) is 4. The summed E-state index contributed by atoms with van der Waals surface area (Å²) in [4.78, 5) is 12.9. The fourth-order valence-corrected chi connectivity index (χ4v) is 3.06. The lowest BCUT2D eigenvalue weighted by atomic mass is 10.3. The second-order valence-corrected chi connectivity index (χ2v) is 6.35. The molecule has 0 amide bonds. The number of hydrogen-bond donors (Lipinski definition) is 2. The molecule has 6 nitrogen and oxygen atoms in total. The Labute approximate surface area is 139 Å². The monoisotopic (exact) mass is 340 g/mol. The van der Waals surface area contributed by atoms with E-state index in [9.17, 15) is 0 Å². The molecule has 22 heavy (non-hydrogen) atoms. The SMILES string of the molecule is CC(C)NCCCn1c(SCC=CCl)nc2c(N)ncnc21. The van der Waals surface area contributed by atoms with Crippen molar-refractivity contribution in [2.45, 2.75) is 38.0 Å². The van der Waals surface area contributed by atoms with Crippen LogP contribution in [0.4, 0.5) is 5.82 Å². The summed E-state index contributed by atoms with van der Waals surface area (Å²) >= 11 is 7.18. The van der Waals surface area contributed by atoms with Gasteiger partial charge in [0.1, 0.15) is 6.33 Å². The molecule has 0 fully saturated rings. The fraction of sp³-hybridized carbons (Fsp3) is 0.500. The first-order valence-corrected chi connectivity index (χ1v) is 8.63. The van der Waals surface area contributed by atoms with E-state index in [0.29, 0.717) is 17.4 Å². The minimum absolute atomic E-state index is 0.416. The van der Waals surface area contributed by atoms with E-state index in [1.54, 1.807) is 11.8 Å². The Morgan fingerprint density at radius 2 is 2.27 bits per heavy atom. The smallest absolute Gasteiger partial charge is 0.170 e. The van der Waals surface area contributed by atoms with Crippen LogP contribution in [0, 0.1) is 0 Å². The van der Waals surface area contributed by atoms with Gasteiger partial charge < -0.3 is 15.6 Å². The molecule has 0 saturated carbocycles.